The van der Waals surface area contributed by atoms with Crippen molar-refractivity contribution in [2.45, 2.75) is 101 Å². The van der Waals surface area contributed by atoms with E-state index in [0.29, 0.717) is 0 Å². The molecule has 0 aliphatic carbocycles. The van der Waals surface area contributed by atoms with Crippen molar-refractivity contribution in [3.63, 3.8) is 0 Å². The Kier molecular flexibility index (Phi) is 14.8. The Balaban J connectivity index is 4.96. The molecular weight excluding hydrogens is 359 g/mol. The average Bonchev–Trinajstić information content (AvgIpc) is 2.51. The molecule has 0 bridgehead atoms. The first-order valence-corrected chi connectivity index (χ1v) is 16.1. The average molecular weight is 395 g/mol. The first kappa shape index (κ1) is 20.9. The first-order chi connectivity index (χ1) is 10.2. The predicted molar refractivity (Wildman–Crippen MR) is 99.8 cm³/mol. The molecule has 0 radical (unpaired) electrons. The third kappa shape index (κ3) is 11.2. The molecule has 0 aliphatic rings. The van der Waals surface area contributed by atoms with Crippen molar-refractivity contribution >= 4 is 18.4 Å². The minimum atomic E-state index is -2.50. The van der Waals surface area contributed by atoms with Gasteiger partial charge in [-0.2, -0.15) is 0 Å². The molecule has 0 aliphatic heterocycles. The predicted octanol–water partition coefficient (Wildman–Crippen LogP) is 6.50. The Bertz CT molecular complexity index is 312. The second kappa shape index (κ2) is 14.8. The van der Waals surface area contributed by atoms with Crippen LogP contribution in [-0.4, -0.2) is 18.4 Å². The fraction of sp³-hybridized carbons (Fsp3) is 0.800. The fourth-order valence-electron chi connectivity index (χ4n) is 2.36. The quantitative estimate of drug-likeness (QED) is 0.225. The first-order valence-electron chi connectivity index (χ1n) is 9.24. The van der Waals surface area contributed by atoms with E-state index in [4.69, 9.17) is 0 Å². The summed E-state index contributed by atoms with van der Waals surface area (Å²) < 4.78 is 10.3. The molecule has 0 aromatic carbocycles. The molecule has 0 amide bonds. The normalized spacial score (nSPS) is 10.5. The Morgan fingerprint density at radius 2 is 0.952 bits per heavy atom. The number of unbranched alkanes of at least 4 members (excludes halogenated alkanes) is 6. The van der Waals surface area contributed by atoms with E-state index in [0.717, 1.165) is 12.8 Å². The minimum absolute atomic E-state index is 1.09. The second-order valence-corrected chi connectivity index (χ2v) is 16.6. The van der Waals surface area contributed by atoms with E-state index in [1.54, 1.807) is 0 Å². The van der Waals surface area contributed by atoms with Gasteiger partial charge in [0.1, 0.15) is 0 Å². The van der Waals surface area contributed by atoms with Crippen LogP contribution in [-0.2, 0) is 0 Å². The summed E-state index contributed by atoms with van der Waals surface area (Å²) in [4.78, 5) is 0. The van der Waals surface area contributed by atoms with Crippen molar-refractivity contribution in [3.05, 3.63) is 0 Å². The Morgan fingerprint density at radius 3 is 1.29 bits per heavy atom. The van der Waals surface area contributed by atoms with E-state index in [2.05, 4.69) is 47.4 Å². The van der Waals surface area contributed by atoms with Crippen molar-refractivity contribution in [1.29, 1.82) is 0 Å². The maximum atomic E-state index is 3.80. The van der Waals surface area contributed by atoms with Gasteiger partial charge >= 0.3 is 139 Å². The Labute approximate surface area is 138 Å². The van der Waals surface area contributed by atoms with Crippen LogP contribution in [0.4, 0.5) is 0 Å². The fourth-order valence-corrected chi connectivity index (χ4v) is 12.8. The molecule has 0 spiro atoms. The van der Waals surface area contributed by atoms with E-state index >= 15 is 0 Å². The van der Waals surface area contributed by atoms with Gasteiger partial charge in [-0.25, -0.2) is 0 Å². The van der Waals surface area contributed by atoms with Gasteiger partial charge in [-0.1, -0.05) is 0 Å². The van der Waals surface area contributed by atoms with Crippen molar-refractivity contribution in [2.75, 3.05) is 0 Å². The van der Waals surface area contributed by atoms with Gasteiger partial charge in [-0.3, -0.25) is 0 Å². The molecule has 0 fully saturated rings. The summed E-state index contributed by atoms with van der Waals surface area (Å²) in [6, 6.07) is 0. The second-order valence-electron chi connectivity index (χ2n) is 6.10. The summed E-state index contributed by atoms with van der Waals surface area (Å²) in [5, 5.41) is 0. The van der Waals surface area contributed by atoms with E-state index in [9.17, 15) is 0 Å². The van der Waals surface area contributed by atoms with Crippen LogP contribution in [0.2, 0.25) is 8.87 Å². The number of hydrogen-bond acceptors (Lipinski definition) is 0. The molecule has 0 aromatic rings. The van der Waals surface area contributed by atoms with Gasteiger partial charge in [-0.15, -0.1) is 0 Å². The monoisotopic (exact) mass is 396 g/mol. The van der Waals surface area contributed by atoms with Crippen molar-refractivity contribution in [1.82, 2.24) is 0 Å². The summed E-state index contributed by atoms with van der Waals surface area (Å²) in [5.74, 6) is 7.05. The third-order valence-electron chi connectivity index (χ3n) is 3.88. The molecule has 21 heavy (non-hydrogen) atoms. The van der Waals surface area contributed by atoms with Gasteiger partial charge in [0, 0.05) is 0 Å². The summed E-state index contributed by atoms with van der Waals surface area (Å²) in [6.07, 6.45) is 12.4. The van der Waals surface area contributed by atoms with Crippen molar-refractivity contribution in [2.24, 2.45) is 0 Å². The van der Waals surface area contributed by atoms with Gasteiger partial charge in [-0.05, 0) is 0 Å². The van der Waals surface area contributed by atoms with Crippen LogP contribution in [0, 0.1) is 19.7 Å². The molecule has 0 saturated carbocycles. The maximum absolute atomic E-state index is 3.80. The van der Waals surface area contributed by atoms with E-state index in [-0.39, 0.29) is 0 Å². The Hall–Kier alpha value is -0.0813. The van der Waals surface area contributed by atoms with Crippen molar-refractivity contribution in [3.8, 4) is 19.7 Å². The molecular formula is C20H36Sn. The molecule has 0 N–H and O–H groups in total. The van der Waals surface area contributed by atoms with Gasteiger partial charge in [0.15, 0.2) is 0 Å². The van der Waals surface area contributed by atoms with Crippen LogP contribution >= 0.6 is 0 Å². The molecule has 0 saturated heterocycles. The molecule has 120 valence electrons. The molecule has 1 heteroatoms. The van der Waals surface area contributed by atoms with E-state index in [1.807, 2.05) is 0 Å². The number of rotatable bonds is 10. The summed E-state index contributed by atoms with van der Waals surface area (Å²) in [7, 11) is 0. The van der Waals surface area contributed by atoms with Crippen molar-refractivity contribution < 1.29 is 0 Å². The molecule has 0 atom stereocenters. The van der Waals surface area contributed by atoms with Gasteiger partial charge in [0.05, 0.1) is 0 Å². The van der Waals surface area contributed by atoms with Gasteiger partial charge in [0.25, 0.3) is 0 Å². The van der Waals surface area contributed by atoms with Gasteiger partial charge < -0.3 is 0 Å². The standard InChI is InChI=1S/2C6H9.2C4H9.Sn/c2*1-3-5-6-4-2;2*1-3-4-2;/h2*3,5-6H2,1H3;2*1,3-4H2,2H3;. The summed E-state index contributed by atoms with van der Waals surface area (Å²) >= 11 is -2.50. The zero-order valence-electron chi connectivity index (χ0n) is 15.0. The third-order valence-corrected chi connectivity index (χ3v) is 14.5. The molecule has 0 heterocycles. The zero-order chi connectivity index (χ0) is 15.8. The van der Waals surface area contributed by atoms with Crippen LogP contribution in [0.25, 0.3) is 0 Å². The topological polar surface area (TPSA) is 0 Å². The molecule has 0 rings (SSSR count). The van der Waals surface area contributed by atoms with E-state index in [1.165, 1.54) is 60.2 Å². The van der Waals surface area contributed by atoms with Crippen LogP contribution in [0.15, 0.2) is 0 Å². The molecule has 0 aromatic heterocycles. The summed E-state index contributed by atoms with van der Waals surface area (Å²) in [5.41, 5.74) is 0. The van der Waals surface area contributed by atoms with Crippen LogP contribution < -0.4 is 0 Å². The molecule has 0 nitrogen and oxygen atoms in total. The molecule has 0 unspecified atom stereocenters. The zero-order valence-corrected chi connectivity index (χ0v) is 17.8. The Morgan fingerprint density at radius 1 is 0.571 bits per heavy atom. The SMILES string of the molecule is CCCCC#[C][Sn]([C]#CCCCC)([CH2]CCC)[CH2]CCC. The van der Waals surface area contributed by atoms with Crippen LogP contribution in [0.1, 0.15) is 91.9 Å². The van der Waals surface area contributed by atoms with Gasteiger partial charge in [0.2, 0.25) is 0 Å². The van der Waals surface area contributed by atoms with E-state index < -0.39 is 18.4 Å². The van der Waals surface area contributed by atoms with Crippen LogP contribution in [0.3, 0.4) is 0 Å². The summed E-state index contributed by atoms with van der Waals surface area (Å²) in [6.45, 7) is 9.09. The van der Waals surface area contributed by atoms with Crippen LogP contribution in [0.5, 0.6) is 0 Å². The number of hydrogen-bond donors (Lipinski definition) is 0.